The van der Waals surface area contributed by atoms with Crippen molar-refractivity contribution in [2.45, 2.75) is 63.6 Å². The van der Waals surface area contributed by atoms with Crippen molar-refractivity contribution in [3.8, 4) is 0 Å². The predicted molar refractivity (Wildman–Crippen MR) is 82.5 cm³/mol. The molecule has 1 N–H and O–H groups in total. The maximum atomic E-state index is 12.9. The number of nitrogens with one attached hydrogen (secondary N) is 1. The van der Waals surface area contributed by atoms with E-state index in [4.69, 9.17) is 0 Å². The van der Waals surface area contributed by atoms with Crippen molar-refractivity contribution in [3.63, 3.8) is 0 Å². The summed E-state index contributed by atoms with van der Waals surface area (Å²) in [5.41, 5.74) is 0. The summed E-state index contributed by atoms with van der Waals surface area (Å²) in [5.74, 6) is 1.10. The van der Waals surface area contributed by atoms with Gasteiger partial charge in [-0.3, -0.25) is 4.79 Å². The van der Waals surface area contributed by atoms with Crippen molar-refractivity contribution in [1.29, 1.82) is 0 Å². The summed E-state index contributed by atoms with van der Waals surface area (Å²) in [6.45, 7) is 4.18. The van der Waals surface area contributed by atoms with Gasteiger partial charge in [0, 0.05) is 18.6 Å². The summed E-state index contributed by atoms with van der Waals surface area (Å²) in [6.07, 6.45) is 8.78. The summed E-state index contributed by atoms with van der Waals surface area (Å²) in [5, 5.41) is 7.88. The SMILES string of the molecule is CC(C1CC1)N(C(=O)c1ncn(C2CCCNC2)n1)C1CC1. The first kappa shape index (κ1) is 14.2. The molecule has 0 bridgehead atoms. The van der Waals surface area contributed by atoms with Gasteiger partial charge in [0.2, 0.25) is 5.82 Å². The minimum absolute atomic E-state index is 0.0319. The molecule has 120 valence electrons. The fourth-order valence-corrected chi connectivity index (χ4v) is 3.57. The molecule has 6 heteroatoms. The number of piperidine rings is 1. The molecule has 3 fully saturated rings. The number of aromatic nitrogens is 3. The van der Waals surface area contributed by atoms with Gasteiger partial charge in [0.25, 0.3) is 5.91 Å². The van der Waals surface area contributed by atoms with E-state index in [9.17, 15) is 4.79 Å². The van der Waals surface area contributed by atoms with Gasteiger partial charge in [-0.05, 0) is 57.9 Å². The Bertz CT molecular complexity index is 542. The summed E-state index contributed by atoms with van der Waals surface area (Å²) < 4.78 is 1.88. The van der Waals surface area contributed by atoms with E-state index in [0.717, 1.165) is 38.8 Å². The fourth-order valence-electron chi connectivity index (χ4n) is 3.57. The molecule has 1 aromatic heterocycles. The molecule has 2 saturated carbocycles. The van der Waals surface area contributed by atoms with Crippen LogP contribution in [0.3, 0.4) is 0 Å². The van der Waals surface area contributed by atoms with Crippen LogP contribution in [0.2, 0.25) is 0 Å². The summed E-state index contributed by atoms with van der Waals surface area (Å²) >= 11 is 0. The predicted octanol–water partition coefficient (Wildman–Crippen LogP) is 1.61. The zero-order chi connectivity index (χ0) is 15.1. The average molecular weight is 303 g/mol. The van der Waals surface area contributed by atoms with E-state index in [1.165, 1.54) is 12.8 Å². The largest absolute Gasteiger partial charge is 0.330 e. The van der Waals surface area contributed by atoms with Gasteiger partial charge in [0.05, 0.1) is 6.04 Å². The van der Waals surface area contributed by atoms with Crippen LogP contribution in [0.4, 0.5) is 0 Å². The minimum Gasteiger partial charge on any atom is -0.330 e. The molecule has 0 radical (unpaired) electrons. The maximum absolute atomic E-state index is 12.9. The van der Waals surface area contributed by atoms with E-state index < -0.39 is 0 Å². The third-order valence-electron chi connectivity index (χ3n) is 5.26. The maximum Gasteiger partial charge on any atom is 0.294 e. The van der Waals surface area contributed by atoms with Gasteiger partial charge in [-0.2, -0.15) is 0 Å². The first-order valence-corrected chi connectivity index (χ1v) is 8.68. The lowest BCUT2D eigenvalue weighted by atomic mass is 10.1. The Morgan fingerprint density at radius 3 is 2.82 bits per heavy atom. The second-order valence-electron chi connectivity index (χ2n) is 7.07. The van der Waals surface area contributed by atoms with Gasteiger partial charge >= 0.3 is 0 Å². The quantitative estimate of drug-likeness (QED) is 0.897. The molecule has 2 unspecified atom stereocenters. The first-order valence-electron chi connectivity index (χ1n) is 8.68. The molecule has 2 atom stereocenters. The molecule has 3 aliphatic rings. The number of carbonyl (C=O) groups is 1. The number of rotatable bonds is 5. The molecule has 0 spiro atoms. The number of hydrogen-bond donors (Lipinski definition) is 1. The number of nitrogens with zero attached hydrogens (tertiary/aromatic N) is 4. The van der Waals surface area contributed by atoms with Crippen LogP contribution in [-0.2, 0) is 0 Å². The zero-order valence-corrected chi connectivity index (χ0v) is 13.2. The number of hydrogen-bond acceptors (Lipinski definition) is 4. The molecule has 1 amide bonds. The van der Waals surface area contributed by atoms with Crippen LogP contribution < -0.4 is 5.32 Å². The van der Waals surface area contributed by atoms with Crippen LogP contribution in [0.15, 0.2) is 6.33 Å². The van der Waals surface area contributed by atoms with Crippen LogP contribution in [0.1, 0.15) is 62.1 Å². The van der Waals surface area contributed by atoms with E-state index in [1.807, 2.05) is 4.68 Å². The number of amides is 1. The highest BCUT2D eigenvalue weighted by atomic mass is 16.2. The lowest BCUT2D eigenvalue weighted by Gasteiger charge is -2.28. The van der Waals surface area contributed by atoms with Crippen LogP contribution >= 0.6 is 0 Å². The lowest BCUT2D eigenvalue weighted by molar-refractivity contribution is 0.0640. The fraction of sp³-hybridized carbons (Fsp3) is 0.812. The zero-order valence-electron chi connectivity index (χ0n) is 13.2. The van der Waals surface area contributed by atoms with Gasteiger partial charge in [0.15, 0.2) is 0 Å². The van der Waals surface area contributed by atoms with Gasteiger partial charge in [-0.15, -0.1) is 5.10 Å². The molecule has 2 heterocycles. The van der Waals surface area contributed by atoms with E-state index in [2.05, 4.69) is 27.2 Å². The Balaban J connectivity index is 1.50. The minimum atomic E-state index is 0.0319. The standard InChI is InChI=1S/C16H25N5O/c1-11(12-4-5-12)21(13-6-7-13)16(22)15-18-10-20(19-15)14-3-2-8-17-9-14/h10-14,17H,2-9H2,1H3. The molecule has 0 aromatic carbocycles. The molecule has 22 heavy (non-hydrogen) atoms. The van der Waals surface area contributed by atoms with Gasteiger partial charge < -0.3 is 10.2 Å². The van der Waals surface area contributed by atoms with Crippen molar-refractivity contribution < 1.29 is 4.79 Å². The Morgan fingerprint density at radius 2 is 2.18 bits per heavy atom. The Labute approximate surface area is 131 Å². The van der Waals surface area contributed by atoms with Crippen LogP contribution in [-0.4, -0.2) is 50.7 Å². The second-order valence-corrected chi connectivity index (χ2v) is 7.07. The third-order valence-corrected chi connectivity index (χ3v) is 5.26. The normalized spacial score (nSPS) is 26.7. The lowest BCUT2D eigenvalue weighted by Crippen LogP contribution is -2.42. The first-order chi connectivity index (χ1) is 10.7. The number of carbonyl (C=O) groups excluding carboxylic acids is 1. The monoisotopic (exact) mass is 303 g/mol. The molecule has 1 aliphatic heterocycles. The van der Waals surface area contributed by atoms with Gasteiger partial charge in [-0.1, -0.05) is 0 Å². The third kappa shape index (κ3) is 2.76. The molecule has 6 nitrogen and oxygen atoms in total. The highest BCUT2D eigenvalue weighted by Crippen LogP contribution is 2.40. The molecule has 1 saturated heterocycles. The van der Waals surface area contributed by atoms with E-state index in [-0.39, 0.29) is 5.91 Å². The summed E-state index contributed by atoms with van der Waals surface area (Å²) in [6, 6.07) is 1.09. The van der Waals surface area contributed by atoms with Crippen LogP contribution in [0.5, 0.6) is 0 Å². The van der Waals surface area contributed by atoms with Crippen molar-refractivity contribution in [2.24, 2.45) is 5.92 Å². The Morgan fingerprint density at radius 1 is 1.36 bits per heavy atom. The average Bonchev–Trinajstić information content (AvgIpc) is 3.47. The van der Waals surface area contributed by atoms with Crippen molar-refractivity contribution in [2.75, 3.05) is 13.1 Å². The van der Waals surface area contributed by atoms with Gasteiger partial charge in [-0.25, -0.2) is 9.67 Å². The smallest absolute Gasteiger partial charge is 0.294 e. The highest BCUT2D eigenvalue weighted by molar-refractivity contribution is 5.91. The second kappa shape index (κ2) is 5.65. The van der Waals surface area contributed by atoms with E-state index >= 15 is 0 Å². The van der Waals surface area contributed by atoms with E-state index in [1.54, 1.807) is 6.33 Å². The van der Waals surface area contributed by atoms with Crippen LogP contribution in [0, 0.1) is 5.92 Å². The van der Waals surface area contributed by atoms with Gasteiger partial charge in [0.1, 0.15) is 6.33 Å². The van der Waals surface area contributed by atoms with Crippen molar-refractivity contribution in [3.05, 3.63) is 12.2 Å². The molecular formula is C16H25N5O. The Hall–Kier alpha value is -1.43. The van der Waals surface area contributed by atoms with Crippen molar-refractivity contribution in [1.82, 2.24) is 25.0 Å². The summed E-state index contributed by atoms with van der Waals surface area (Å²) in [4.78, 5) is 19.3. The topological polar surface area (TPSA) is 63.1 Å². The molecule has 4 rings (SSSR count). The Kier molecular flexibility index (Phi) is 3.64. The van der Waals surface area contributed by atoms with Crippen LogP contribution in [0.25, 0.3) is 0 Å². The van der Waals surface area contributed by atoms with E-state index in [0.29, 0.717) is 29.9 Å². The highest BCUT2D eigenvalue weighted by Gasteiger charge is 2.42. The molecule has 1 aromatic rings. The van der Waals surface area contributed by atoms with Crippen molar-refractivity contribution >= 4 is 5.91 Å². The molecule has 2 aliphatic carbocycles. The summed E-state index contributed by atoms with van der Waals surface area (Å²) in [7, 11) is 0. The molecular weight excluding hydrogens is 278 g/mol.